The van der Waals surface area contributed by atoms with Crippen molar-refractivity contribution in [1.29, 1.82) is 5.26 Å². The first kappa shape index (κ1) is 31.8. The van der Waals surface area contributed by atoms with Crippen molar-refractivity contribution in [2.24, 2.45) is 4.99 Å². The second-order valence-electron chi connectivity index (χ2n) is 10.6. The van der Waals surface area contributed by atoms with Crippen LogP contribution in [-0.2, 0) is 4.79 Å². The summed E-state index contributed by atoms with van der Waals surface area (Å²) in [6, 6.07) is 18.1. The van der Waals surface area contributed by atoms with Gasteiger partial charge >= 0.3 is 6.03 Å². The molecule has 5 rings (SSSR count). The zero-order valence-corrected chi connectivity index (χ0v) is 27.0. The Bertz CT molecular complexity index is 1530. The number of carbonyl (C=O) groups excluding carboxylic acids is 2. The second kappa shape index (κ2) is 14.4. The molecule has 2 aliphatic rings. The molecule has 0 spiro atoms. The fraction of sp³-hybridized carbons (Fsp3) is 0.375. The lowest BCUT2D eigenvalue weighted by Gasteiger charge is -2.39. The van der Waals surface area contributed by atoms with Crippen molar-refractivity contribution in [3.05, 3.63) is 86.0 Å². The molecule has 0 unspecified atom stereocenters. The number of hydrogen-bond acceptors (Lipinski definition) is 7. The number of ether oxygens (including phenoxy) is 1. The molecule has 0 radical (unpaired) electrons. The number of nitrogens with zero attached hydrogens (tertiary/aromatic N) is 6. The van der Waals surface area contributed by atoms with Gasteiger partial charge in [-0.1, -0.05) is 47.5 Å². The summed E-state index contributed by atoms with van der Waals surface area (Å²) >= 11 is 14.0. The molecule has 44 heavy (non-hydrogen) atoms. The Morgan fingerprint density at radius 1 is 1.02 bits per heavy atom. The zero-order valence-electron chi connectivity index (χ0n) is 24.7. The van der Waals surface area contributed by atoms with E-state index in [0.29, 0.717) is 67.4 Å². The van der Waals surface area contributed by atoms with Crippen LogP contribution in [0.25, 0.3) is 0 Å². The number of amidine groups is 1. The zero-order chi connectivity index (χ0) is 31.2. The van der Waals surface area contributed by atoms with Crippen LogP contribution in [0.3, 0.4) is 0 Å². The molecule has 0 bridgehead atoms. The van der Waals surface area contributed by atoms with Crippen molar-refractivity contribution in [3.63, 3.8) is 0 Å². The molecule has 2 atom stereocenters. The molecule has 9 nitrogen and oxygen atoms in total. The lowest BCUT2D eigenvalue weighted by Crippen LogP contribution is -2.55. The monoisotopic (exact) mass is 652 g/mol. The molecule has 1 fully saturated rings. The van der Waals surface area contributed by atoms with Gasteiger partial charge in [-0.25, -0.2) is 4.79 Å². The van der Waals surface area contributed by atoms with Gasteiger partial charge in [0.25, 0.3) is 0 Å². The largest absolute Gasteiger partial charge is 0.492 e. The van der Waals surface area contributed by atoms with E-state index in [9.17, 15) is 9.59 Å². The van der Waals surface area contributed by atoms with E-state index < -0.39 is 12.1 Å². The number of thiophene rings is 1. The summed E-state index contributed by atoms with van der Waals surface area (Å²) in [5, 5.41) is 12.0. The third-order valence-electron chi connectivity index (χ3n) is 7.81. The highest BCUT2D eigenvalue weighted by molar-refractivity contribution is 7.12. The van der Waals surface area contributed by atoms with Crippen LogP contribution in [0.1, 0.15) is 41.4 Å². The van der Waals surface area contributed by atoms with Crippen molar-refractivity contribution >= 4 is 52.3 Å². The van der Waals surface area contributed by atoms with Gasteiger partial charge in [-0.3, -0.25) is 19.6 Å². The van der Waals surface area contributed by atoms with Gasteiger partial charge in [0.15, 0.2) is 5.84 Å². The number of nitriles is 1. The van der Waals surface area contributed by atoms with Crippen LogP contribution in [0, 0.1) is 11.3 Å². The fourth-order valence-electron chi connectivity index (χ4n) is 5.46. The fourth-order valence-corrected chi connectivity index (χ4v) is 6.54. The molecule has 3 amide bonds. The van der Waals surface area contributed by atoms with Crippen LogP contribution in [0.5, 0.6) is 5.75 Å². The lowest BCUT2D eigenvalue weighted by molar-refractivity contribution is -0.131. The standard InChI is InChI=1S/C32H34Cl2N6O3S/c1-3-43-26-13-20-44-30(26)31-36-28(22-5-9-24(33)10-6-22)29(23-7-11-25(34)12-8-23)40(31)32(42)39-18-16-38(17-19-39)21-27(41)37(2)15-4-14-35/h5-13,20,28-29H,3-4,15-19,21H2,1-2H3/t28-,29+/m0/s1. The van der Waals surface area contributed by atoms with E-state index in [4.69, 9.17) is 38.2 Å². The van der Waals surface area contributed by atoms with Gasteiger partial charge in [-0.05, 0) is 53.8 Å². The molecule has 1 aromatic heterocycles. The number of likely N-dealkylation sites (N-methyl/N-ethyl adjacent to an activating group) is 1. The minimum Gasteiger partial charge on any atom is -0.492 e. The molecule has 230 valence electrons. The van der Waals surface area contributed by atoms with Crippen LogP contribution >= 0.6 is 34.5 Å². The van der Waals surface area contributed by atoms with Gasteiger partial charge < -0.3 is 14.5 Å². The topological polar surface area (TPSA) is 92.5 Å². The quantitative estimate of drug-likeness (QED) is 0.278. The normalized spacial score (nSPS) is 18.6. The van der Waals surface area contributed by atoms with Crippen molar-refractivity contribution in [1.82, 2.24) is 19.6 Å². The third-order valence-corrected chi connectivity index (χ3v) is 9.21. The molecule has 0 N–H and O–H groups in total. The molecular formula is C32H34Cl2N6O3S. The van der Waals surface area contributed by atoms with E-state index in [1.807, 2.05) is 76.7 Å². The predicted molar refractivity (Wildman–Crippen MR) is 174 cm³/mol. The SMILES string of the molecule is CCOc1ccsc1C1=N[C@@H](c2ccc(Cl)cc2)[C@@H](c2ccc(Cl)cc2)N1C(=O)N1CCN(CC(=O)N(C)CCC#N)CC1. The number of urea groups is 1. The van der Waals surface area contributed by atoms with Crippen molar-refractivity contribution in [2.75, 3.05) is 52.9 Å². The highest BCUT2D eigenvalue weighted by Crippen LogP contribution is 2.46. The second-order valence-corrected chi connectivity index (χ2v) is 12.4. The Hall–Kier alpha value is -3.62. The maximum Gasteiger partial charge on any atom is 0.326 e. The Morgan fingerprint density at radius 2 is 1.66 bits per heavy atom. The summed E-state index contributed by atoms with van der Waals surface area (Å²) in [5.74, 6) is 1.21. The Kier molecular flexibility index (Phi) is 10.4. The summed E-state index contributed by atoms with van der Waals surface area (Å²) in [7, 11) is 1.71. The van der Waals surface area contributed by atoms with Crippen molar-refractivity contribution < 1.29 is 14.3 Å². The first-order chi connectivity index (χ1) is 21.3. The molecule has 2 aromatic carbocycles. The first-order valence-corrected chi connectivity index (χ1v) is 16.1. The average molecular weight is 654 g/mol. The number of halogens is 2. The van der Waals surface area contributed by atoms with Gasteiger partial charge in [0.1, 0.15) is 16.7 Å². The molecule has 12 heteroatoms. The van der Waals surface area contributed by atoms with Crippen LogP contribution < -0.4 is 4.74 Å². The maximum atomic E-state index is 14.6. The summed E-state index contributed by atoms with van der Waals surface area (Å²) in [6.45, 7) is 5.09. The van der Waals surface area contributed by atoms with Crippen LogP contribution in [-0.4, -0.2) is 90.3 Å². The Morgan fingerprint density at radius 3 is 2.27 bits per heavy atom. The molecule has 0 saturated carbocycles. The van der Waals surface area contributed by atoms with Crippen molar-refractivity contribution in [3.8, 4) is 11.8 Å². The molecule has 1 saturated heterocycles. The number of rotatable bonds is 9. The van der Waals surface area contributed by atoms with E-state index in [0.717, 1.165) is 16.0 Å². The minimum atomic E-state index is -0.444. The smallest absolute Gasteiger partial charge is 0.326 e. The summed E-state index contributed by atoms with van der Waals surface area (Å²) in [4.78, 5) is 40.5. The van der Waals surface area contributed by atoms with Gasteiger partial charge in [-0.15, -0.1) is 11.3 Å². The molecule has 0 aliphatic carbocycles. The number of hydrogen-bond donors (Lipinski definition) is 0. The van der Waals surface area contributed by atoms with Gasteiger partial charge in [0.05, 0.1) is 31.7 Å². The van der Waals surface area contributed by atoms with Gasteiger partial charge in [-0.2, -0.15) is 5.26 Å². The molecular weight excluding hydrogens is 619 g/mol. The average Bonchev–Trinajstić information content (AvgIpc) is 3.65. The van der Waals surface area contributed by atoms with Crippen molar-refractivity contribution in [2.45, 2.75) is 25.4 Å². The minimum absolute atomic E-state index is 0.0382. The Labute approximate surface area is 271 Å². The number of benzene rings is 2. The van der Waals surface area contributed by atoms with E-state index in [-0.39, 0.29) is 18.5 Å². The van der Waals surface area contributed by atoms with Gasteiger partial charge in [0.2, 0.25) is 5.91 Å². The summed E-state index contributed by atoms with van der Waals surface area (Å²) < 4.78 is 5.95. The van der Waals surface area contributed by atoms with Crippen LogP contribution in [0.4, 0.5) is 4.79 Å². The molecule has 2 aliphatic heterocycles. The van der Waals surface area contributed by atoms with E-state index in [1.165, 1.54) is 11.3 Å². The Balaban J connectivity index is 1.46. The van der Waals surface area contributed by atoms with Crippen LogP contribution in [0.2, 0.25) is 10.0 Å². The summed E-state index contributed by atoms with van der Waals surface area (Å²) in [5.41, 5.74) is 1.83. The van der Waals surface area contributed by atoms with E-state index in [1.54, 1.807) is 16.8 Å². The summed E-state index contributed by atoms with van der Waals surface area (Å²) in [6.07, 6.45) is 0.297. The molecule has 3 aromatic rings. The molecule has 3 heterocycles. The van der Waals surface area contributed by atoms with E-state index in [2.05, 4.69) is 6.07 Å². The number of aliphatic imine (C=N–C) groups is 1. The lowest BCUT2D eigenvalue weighted by atomic mass is 9.94. The number of piperazine rings is 1. The highest BCUT2D eigenvalue weighted by Gasteiger charge is 2.45. The number of amides is 3. The van der Waals surface area contributed by atoms with Gasteiger partial charge in [0, 0.05) is 49.8 Å². The highest BCUT2D eigenvalue weighted by atomic mass is 35.5. The third kappa shape index (κ3) is 7.02. The number of carbonyl (C=O) groups is 2. The van der Waals surface area contributed by atoms with E-state index >= 15 is 0 Å². The maximum absolute atomic E-state index is 14.6. The first-order valence-electron chi connectivity index (χ1n) is 14.5. The predicted octanol–water partition coefficient (Wildman–Crippen LogP) is 6.11. The van der Waals surface area contributed by atoms with Crippen LogP contribution in [0.15, 0.2) is 65.0 Å².